The summed E-state index contributed by atoms with van der Waals surface area (Å²) in [4.78, 5) is 39.2. The van der Waals surface area contributed by atoms with Crippen LogP contribution in [0.4, 0.5) is 9.18 Å². The van der Waals surface area contributed by atoms with Crippen LogP contribution in [0.25, 0.3) is 0 Å². The summed E-state index contributed by atoms with van der Waals surface area (Å²) in [6.45, 7) is -0.477. The van der Waals surface area contributed by atoms with Gasteiger partial charge in [0, 0.05) is 0 Å². The fourth-order valence-electron chi connectivity index (χ4n) is 4.03. The van der Waals surface area contributed by atoms with Gasteiger partial charge in [0.25, 0.3) is 5.91 Å². The molecule has 1 spiro atoms. The third-order valence-corrected chi connectivity index (χ3v) is 5.38. The number of carbonyl (C=O) groups is 3. The fraction of sp³-hybridized carbons (Fsp3) is 0.286. The van der Waals surface area contributed by atoms with Crippen molar-refractivity contribution in [1.29, 1.82) is 0 Å². The molecule has 138 valence electrons. The van der Waals surface area contributed by atoms with Crippen molar-refractivity contribution >= 4 is 17.7 Å². The smallest absolute Gasteiger partial charge is 0.319 e. The lowest BCUT2D eigenvalue weighted by molar-refractivity contribution is -0.131. The van der Waals surface area contributed by atoms with Crippen LogP contribution in [0.2, 0.25) is 0 Å². The summed E-state index contributed by atoms with van der Waals surface area (Å²) in [5.74, 6) is -1.70. The first kappa shape index (κ1) is 17.4. The van der Waals surface area contributed by atoms with Crippen LogP contribution >= 0.6 is 0 Å². The predicted molar refractivity (Wildman–Crippen MR) is 96.7 cm³/mol. The average Bonchev–Trinajstić information content (AvgIpc) is 2.81. The zero-order valence-corrected chi connectivity index (χ0v) is 14.7. The highest BCUT2D eigenvalue weighted by Crippen LogP contribution is 2.39. The summed E-state index contributed by atoms with van der Waals surface area (Å²) >= 11 is 0. The Balaban J connectivity index is 1.67. The molecule has 2 aromatic rings. The minimum absolute atomic E-state index is 0.125. The molecule has 1 saturated heterocycles. The number of aryl methyl sites for hydroxylation is 1. The highest BCUT2D eigenvalue weighted by atomic mass is 19.1. The maximum absolute atomic E-state index is 13.9. The van der Waals surface area contributed by atoms with Crippen molar-refractivity contribution in [2.24, 2.45) is 0 Å². The molecule has 27 heavy (non-hydrogen) atoms. The second-order valence-corrected chi connectivity index (χ2v) is 6.99. The SMILES string of the molecule is O=C(CN1C(=O)NC2(CCCCc3ccccc32)C1=O)c1ccccc1F. The number of urea groups is 1. The zero-order valence-electron chi connectivity index (χ0n) is 14.7. The molecule has 1 unspecified atom stereocenters. The lowest BCUT2D eigenvalue weighted by Gasteiger charge is -2.27. The molecular formula is C21H19FN2O3. The van der Waals surface area contributed by atoms with Gasteiger partial charge in [-0.05, 0) is 48.9 Å². The van der Waals surface area contributed by atoms with Gasteiger partial charge in [-0.3, -0.25) is 14.5 Å². The number of rotatable bonds is 3. The van der Waals surface area contributed by atoms with Crippen LogP contribution in [-0.4, -0.2) is 29.2 Å². The van der Waals surface area contributed by atoms with E-state index in [-0.39, 0.29) is 5.56 Å². The molecular weight excluding hydrogens is 347 g/mol. The second kappa shape index (κ2) is 6.61. The van der Waals surface area contributed by atoms with E-state index in [0.29, 0.717) is 6.42 Å². The van der Waals surface area contributed by atoms with E-state index < -0.39 is 35.6 Å². The van der Waals surface area contributed by atoms with Crippen molar-refractivity contribution in [3.05, 3.63) is 71.0 Å². The van der Waals surface area contributed by atoms with E-state index in [9.17, 15) is 18.8 Å². The highest BCUT2D eigenvalue weighted by molar-refractivity contribution is 6.11. The van der Waals surface area contributed by atoms with Gasteiger partial charge in [-0.2, -0.15) is 0 Å². The number of nitrogens with zero attached hydrogens (tertiary/aromatic N) is 1. The molecule has 1 aliphatic carbocycles. The Morgan fingerprint density at radius 2 is 1.81 bits per heavy atom. The molecule has 1 heterocycles. The summed E-state index contributed by atoms with van der Waals surface area (Å²) in [6.07, 6.45) is 3.04. The molecule has 1 atom stereocenters. The number of carbonyl (C=O) groups excluding carboxylic acids is 3. The number of nitrogens with one attached hydrogen (secondary N) is 1. The van der Waals surface area contributed by atoms with E-state index in [4.69, 9.17) is 0 Å². The predicted octanol–water partition coefficient (Wildman–Crippen LogP) is 3.18. The van der Waals surface area contributed by atoms with Gasteiger partial charge >= 0.3 is 6.03 Å². The van der Waals surface area contributed by atoms with Gasteiger partial charge in [0.15, 0.2) is 5.78 Å². The summed E-state index contributed by atoms with van der Waals surface area (Å²) in [7, 11) is 0. The van der Waals surface area contributed by atoms with Crippen LogP contribution in [-0.2, 0) is 16.8 Å². The Morgan fingerprint density at radius 1 is 1.07 bits per heavy atom. The Kier molecular flexibility index (Phi) is 4.26. The molecule has 0 aromatic heterocycles. The monoisotopic (exact) mass is 366 g/mol. The molecule has 0 bridgehead atoms. The molecule has 1 fully saturated rings. The van der Waals surface area contributed by atoms with Crippen LogP contribution in [0, 0.1) is 5.82 Å². The van der Waals surface area contributed by atoms with Gasteiger partial charge in [0.05, 0.1) is 12.1 Å². The van der Waals surface area contributed by atoms with E-state index in [1.165, 1.54) is 18.2 Å². The fourth-order valence-corrected chi connectivity index (χ4v) is 4.03. The average molecular weight is 366 g/mol. The Hall–Kier alpha value is -3.02. The molecule has 1 N–H and O–H groups in total. The molecule has 0 radical (unpaired) electrons. The summed E-state index contributed by atoms with van der Waals surface area (Å²) in [5.41, 5.74) is 0.563. The Bertz CT molecular complexity index is 943. The number of ketones is 1. The molecule has 0 saturated carbocycles. The molecule has 2 aliphatic rings. The summed E-state index contributed by atoms with van der Waals surface area (Å²) in [6, 6.07) is 12.5. The van der Waals surface area contributed by atoms with Crippen molar-refractivity contribution in [1.82, 2.24) is 10.2 Å². The van der Waals surface area contributed by atoms with Crippen molar-refractivity contribution in [3.63, 3.8) is 0 Å². The van der Waals surface area contributed by atoms with Gasteiger partial charge < -0.3 is 5.32 Å². The maximum Gasteiger partial charge on any atom is 0.325 e. The lowest BCUT2D eigenvalue weighted by Crippen LogP contribution is -2.44. The second-order valence-electron chi connectivity index (χ2n) is 6.99. The van der Waals surface area contributed by atoms with Crippen LogP contribution in [0.15, 0.2) is 48.5 Å². The standard InChI is InChI=1S/C21H19FN2O3/c22-17-11-4-2-9-15(17)18(25)13-24-19(26)21(23-20(24)27)12-6-5-8-14-7-1-3-10-16(14)21/h1-4,7,9-11H,5-6,8,12-13H2,(H,23,27). The maximum atomic E-state index is 13.9. The number of hydrogen-bond donors (Lipinski definition) is 1. The molecule has 6 heteroatoms. The molecule has 1 aliphatic heterocycles. The van der Waals surface area contributed by atoms with E-state index in [0.717, 1.165) is 35.3 Å². The van der Waals surface area contributed by atoms with Gasteiger partial charge in [0.1, 0.15) is 11.4 Å². The van der Waals surface area contributed by atoms with Gasteiger partial charge in [-0.15, -0.1) is 0 Å². The van der Waals surface area contributed by atoms with Crippen molar-refractivity contribution in [2.75, 3.05) is 6.54 Å². The van der Waals surface area contributed by atoms with Crippen molar-refractivity contribution < 1.29 is 18.8 Å². The van der Waals surface area contributed by atoms with E-state index in [1.54, 1.807) is 6.07 Å². The first-order valence-corrected chi connectivity index (χ1v) is 9.03. The zero-order chi connectivity index (χ0) is 19.0. The summed E-state index contributed by atoms with van der Waals surface area (Å²) in [5, 5.41) is 2.83. The third-order valence-electron chi connectivity index (χ3n) is 5.38. The molecule has 4 rings (SSSR count). The number of fused-ring (bicyclic) bond motifs is 2. The first-order chi connectivity index (χ1) is 13.0. The number of benzene rings is 2. The molecule has 5 nitrogen and oxygen atoms in total. The first-order valence-electron chi connectivity index (χ1n) is 9.03. The van der Waals surface area contributed by atoms with Crippen LogP contribution < -0.4 is 5.32 Å². The number of Topliss-reactive ketones (excluding diaryl/α,β-unsaturated/α-hetero) is 1. The van der Waals surface area contributed by atoms with E-state index in [2.05, 4.69) is 5.32 Å². The number of halogens is 1. The normalized spacial score (nSPS) is 21.7. The summed E-state index contributed by atoms with van der Waals surface area (Å²) < 4.78 is 13.9. The minimum atomic E-state index is -1.14. The van der Waals surface area contributed by atoms with Gasteiger partial charge in [-0.1, -0.05) is 36.4 Å². The topological polar surface area (TPSA) is 66.5 Å². The number of hydrogen-bond acceptors (Lipinski definition) is 3. The molecule has 3 amide bonds. The largest absolute Gasteiger partial charge is 0.325 e. The minimum Gasteiger partial charge on any atom is -0.319 e. The van der Waals surface area contributed by atoms with Crippen LogP contribution in [0.5, 0.6) is 0 Å². The Labute approximate surface area is 156 Å². The van der Waals surface area contributed by atoms with Gasteiger partial charge in [0.2, 0.25) is 0 Å². The third kappa shape index (κ3) is 2.81. The lowest BCUT2D eigenvalue weighted by atomic mass is 9.84. The molecule has 2 aromatic carbocycles. The van der Waals surface area contributed by atoms with Crippen molar-refractivity contribution in [3.8, 4) is 0 Å². The van der Waals surface area contributed by atoms with Crippen LogP contribution in [0.3, 0.4) is 0 Å². The van der Waals surface area contributed by atoms with Crippen molar-refractivity contribution in [2.45, 2.75) is 31.2 Å². The van der Waals surface area contributed by atoms with Crippen LogP contribution in [0.1, 0.15) is 40.7 Å². The number of imide groups is 1. The Morgan fingerprint density at radius 3 is 2.63 bits per heavy atom. The van der Waals surface area contributed by atoms with E-state index >= 15 is 0 Å². The van der Waals surface area contributed by atoms with E-state index in [1.807, 2.05) is 24.3 Å². The number of amides is 3. The highest BCUT2D eigenvalue weighted by Gasteiger charge is 2.53. The van der Waals surface area contributed by atoms with Gasteiger partial charge in [-0.25, -0.2) is 9.18 Å². The quantitative estimate of drug-likeness (QED) is 0.670.